The normalized spacial score (nSPS) is 13.6. The molecule has 0 saturated heterocycles. The van der Waals surface area contributed by atoms with Crippen molar-refractivity contribution >= 4 is 33.9 Å². The summed E-state index contributed by atoms with van der Waals surface area (Å²) in [5, 5.41) is 5.38. The molecule has 2 aromatic carbocycles. The van der Waals surface area contributed by atoms with Crippen LogP contribution in [-0.4, -0.2) is 28.7 Å². The molecule has 0 atom stereocenters. The first-order valence-electron chi connectivity index (χ1n) is 8.03. The minimum Gasteiger partial charge on any atom is -0.497 e. The minimum absolute atomic E-state index is 0.760. The van der Waals surface area contributed by atoms with Gasteiger partial charge in [-0.2, -0.15) is 0 Å². The maximum atomic E-state index is 5.62. The number of H-pyrrole nitrogens is 1. The van der Waals surface area contributed by atoms with E-state index in [0.29, 0.717) is 0 Å². The molecule has 0 bridgehead atoms. The van der Waals surface area contributed by atoms with Crippen LogP contribution >= 0.6 is 12.2 Å². The number of benzene rings is 2. The Kier molecular flexibility index (Phi) is 3.86. The largest absolute Gasteiger partial charge is 0.497 e. The van der Waals surface area contributed by atoms with Crippen LogP contribution in [0.1, 0.15) is 11.3 Å². The summed E-state index contributed by atoms with van der Waals surface area (Å²) in [7, 11) is 1.67. The summed E-state index contributed by atoms with van der Waals surface area (Å²) in [6, 6.07) is 16.3. The lowest BCUT2D eigenvalue weighted by molar-refractivity contribution is 0.399. The minimum atomic E-state index is 0.760. The number of ether oxygens (including phenoxy) is 1. The number of methoxy groups -OCH3 is 1. The highest BCUT2D eigenvalue weighted by Crippen LogP contribution is 2.28. The van der Waals surface area contributed by atoms with Crippen LogP contribution in [0.25, 0.3) is 10.9 Å². The van der Waals surface area contributed by atoms with Gasteiger partial charge in [0.25, 0.3) is 0 Å². The van der Waals surface area contributed by atoms with Crippen molar-refractivity contribution in [3.63, 3.8) is 0 Å². The summed E-state index contributed by atoms with van der Waals surface area (Å²) in [6.07, 6.45) is 0.981. The molecule has 2 heterocycles. The monoisotopic (exact) mass is 337 g/mol. The number of fused-ring (bicyclic) bond motifs is 3. The van der Waals surface area contributed by atoms with Crippen molar-refractivity contribution in [3.8, 4) is 5.75 Å². The smallest absolute Gasteiger partial charge is 0.173 e. The molecular weight excluding hydrogens is 318 g/mol. The summed E-state index contributed by atoms with van der Waals surface area (Å²) < 4.78 is 5.19. The maximum Gasteiger partial charge on any atom is 0.173 e. The van der Waals surface area contributed by atoms with Crippen LogP contribution in [0.4, 0.5) is 5.69 Å². The van der Waals surface area contributed by atoms with Gasteiger partial charge in [-0.1, -0.05) is 18.2 Å². The second-order valence-electron chi connectivity index (χ2n) is 5.96. The lowest BCUT2D eigenvalue weighted by atomic mass is 10.1. The molecule has 0 spiro atoms. The molecular formula is C19H19N3OS. The Labute approximate surface area is 146 Å². The number of nitrogens with zero attached hydrogens (tertiary/aromatic N) is 1. The number of rotatable bonds is 2. The second kappa shape index (κ2) is 6.17. The van der Waals surface area contributed by atoms with Crippen molar-refractivity contribution < 1.29 is 4.74 Å². The Bertz CT molecular complexity index is 885. The molecule has 3 aromatic rings. The SMILES string of the molecule is COc1ccc(NC(=S)N2CCc3[nH]c4ccccc4c3C2)cc1. The van der Waals surface area contributed by atoms with Crippen LogP contribution < -0.4 is 10.1 Å². The van der Waals surface area contributed by atoms with E-state index >= 15 is 0 Å². The molecule has 4 rings (SSSR count). The lowest BCUT2D eigenvalue weighted by Gasteiger charge is -2.29. The molecule has 4 nitrogen and oxygen atoms in total. The fourth-order valence-electron chi connectivity index (χ4n) is 3.22. The molecule has 5 heteroatoms. The zero-order valence-electron chi connectivity index (χ0n) is 13.5. The van der Waals surface area contributed by atoms with Crippen molar-refractivity contribution in [2.45, 2.75) is 13.0 Å². The second-order valence-corrected chi connectivity index (χ2v) is 6.34. The van der Waals surface area contributed by atoms with Crippen LogP contribution in [0.5, 0.6) is 5.75 Å². The van der Waals surface area contributed by atoms with Crippen LogP contribution in [0.3, 0.4) is 0 Å². The summed E-state index contributed by atoms with van der Waals surface area (Å²) in [5.74, 6) is 0.841. The number of para-hydroxylation sites is 1. The van der Waals surface area contributed by atoms with Crippen LogP contribution in [-0.2, 0) is 13.0 Å². The van der Waals surface area contributed by atoms with Gasteiger partial charge in [-0.15, -0.1) is 0 Å². The van der Waals surface area contributed by atoms with Gasteiger partial charge in [-0.05, 0) is 42.5 Å². The molecule has 1 aromatic heterocycles. The number of thiocarbonyl (C=S) groups is 1. The molecule has 122 valence electrons. The molecule has 0 radical (unpaired) electrons. The van der Waals surface area contributed by atoms with Crippen molar-refractivity contribution in [2.24, 2.45) is 0 Å². The molecule has 0 amide bonds. The van der Waals surface area contributed by atoms with Gasteiger partial charge in [-0.3, -0.25) is 0 Å². The highest BCUT2D eigenvalue weighted by Gasteiger charge is 2.22. The number of anilines is 1. The first-order valence-corrected chi connectivity index (χ1v) is 8.44. The number of nitrogens with one attached hydrogen (secondary N) is 2. The summed E-state index contributed by atoms with van der Waals surface area (Å²) in [5.41, 5.74) is 4.87. The molecule has 0 unspecified atom stereocenters. The Hall–Kier alpha value is -2.53. The molecule has 0 aliphatic carbocycles. The summed E-state index contributed by atoms with van der Waals surface area (Å²) in [6.45, 7) is 1.75. The third-order valence-corrected chi connectivity index (χ3v) is 4.87. The first kappa shape index (κ1) is 15.0. The number of hydrogen-bond acceptors (Lipinski definition) is 2. The van der Waals surface area contributed by atoms with Crippen LogP contribution in [0.15, 0.2) is 48.5 Å². The Morgan fingerprint density at radius 2 is 1.96 bits per heavy atom. The van der Waals surface area contributed by atoms with Gasteiger partial charge in [0.15, 0.2) is 5.11 Å². The predicted molar refractivity (Wildman–Crippen MR) is 102 cm³/mol. The van der Waals surface area contributed by atoms with E-state index in [0.717, 1.165) is 36.1 Å². The van der Waals surface area contributed by atoms with Gasteiger partial charge in [0, 0.05) is 47.4 Å². The summed E-state index contributed by atoms with van der Waals surface area (Å²) >= 11 is 5.62. The fourth-order valence-corrected chi connectivity index (χ4v) is 3.49. The van der Waals surface area contributed by atoms with Gasteiger partial charge in [0.2, 0.25) is 0 Å². The predicted octanol–water partition coefficient (Wildman–Crippen LogP) is 3.93. The van der Waals surface area contributed by atoms with Crippen LogP contribution in [0.2, 0.25) is 0 Å². The third-order valence-electron chi connectivity index (χ3n) is 4.51. The van der Waals surface area contributed by atoms with E-state index in [1.165, 1.54) is 22.2 Å². The first-order chi connectivity index (χ1) is 11.7. The molecule has 0 saturated carbocycles. The molecule has 24 heavy (non-hydrogen) atoms. The van der Waals surface area contributed by atoms with E-state index in [9.17, 15) is 0 Å². The quantitative estimate of drug-likeness (QED) is 0.695. The zero-order chi connectivity index (χ0) is 16.5. The van der Waals surface area contributed by atoms with Gasteiger partial charge in [-0.25, -0.2) is 0 Å². The van der Waals surface area contributed by atoms with E-state index in [4.69, 9.17) is 17.0 Å². The highest BCUT2D eigenvalue weighted by molar-refractivity contribution is 7.80. The van der Waals surface area contributed by atoms with E-state index in [2.05, 4.69) is 39.5 Å². The number of hydrogen-bond donors (Lipinski definition) is 2. The van der Waals surface area contributed by atoms with Gasteiger partial charge < -0.3 is 19.9 Å². The highest BCUT2D eigenvalue weighted by atomic mass is 32.1. The zero-order valence-corrected chi connectivity index (χ0v) is 14.3. The van der Waals surface area contributed by atoms with E-state index in [1.807, 2.05) is 24.3 Å². The lowest BCUT2D eigenvalue weighted by Crippen LogP contribution is -2.38. The standard InChI is InChI=1S/C19H19N3OS/c1-23-14-8-6-13(7-9-14)20-19(24)22-11-10-18-16(12-22)15-4-2-3-5-17(15)21-18/h2-9,21H,10-12H2,1H3,(H,20,24). The van der Waals surface area contributed by atoms with Gasteiger partial charge in [0.1, 0.15) is 5.75 Å². The van der Waals surface area contributed by atoms with Gasteiger partial charge in [0.05, 0.1) is 7.11 Å². The molecule has 1 aliphatic rings. The molecule has 0 fully saturated rings. The van der Waals surface area contributed by atoms with E-state index < -0.39 is 0 Å². The van der Waals surface area contributed by atoms with Crippen molar-refractivity contribution in [2.75, 3.05) is 19.0 Å². The number of aromatic amines is 1. The van der Waals surface area contributed by atoms with Crippen molar-refractivity contribution in [1.82, 2.24) is 9.88 Å². The number of aromatic nitrogens is 1. The van der Waals surface area contributed by atoms with Crippen molar-refractivity contribution in [1.29, 1.82) is 0 Å². The maximum absolute atomic E-state index is 5.62. The topological polar surface area (TPSA) is 40.3 Å². The average Bonchev–Trinajstić information content (AvgIpc) is 3.00. The fraction of sp³-hybridized carbons (Fsp3) is 0.211. The Morgan fingerprint density at radius 1 is 1.17 bits per heavy atom. The van der Waals surface area contributed by atoms with Gasteiger partial charge >= 0.3 is 0 Å². The Balaban J connectivity index is 1.52. The van der Waals surface area contributed by atoms with Crippen LogP contribution in [0, 0.1) is 0 Å². The van der Waals surface area contributed by atoms with Crippen molar-refractivity contribution in [3.05, 3.63) is 59.8 Å². The Morgan fingerprint density at radius 3 is 2.75 bits per heavy atom. The molecule has 1 aliphatic heterocycles. The average molecular weight is 337 g/mol. The summed E-state index contributed by atoms with van der Waals surface area (Å²) in [4.78, 5) is 5.76. The van der Waals surface area contributed by atoms with E-state index in [-0.39, 0.29) is 0 Å². The third kappa shape index (κ3) is 2.71. The van der Waals surface area contributed by atoms with E-state index in [1.54, 1.807) is 7.11 Å². The molecule has 2 N–H and O–H groups in total.